The van der Waals surface area contributed by atoms with Crippen molar-refractivity contribution in [2.45, 2.75) is 110 Å². The lowest BCUT2D eigenvalue weighted by Gasteiger charge is -2.04. The van der Waals surface area contributed by atoms with Crippen molar-refractivity contribution in [1.82, 2.24) is 15.2 Å². The zero-order valence-electron chi connectivity index (χ0n) is 25.3. The van der Waals surface area contributed by atoms with Gasteiger partial charge in [0.1, 0.15) is 11.4 Å². The summed E-state index contributed by atoms with van der Waals surface area (Å²) in [6.45, 7) is 2.28. The van der Waals surface area contributed by atoms with Crippen LogP contribution in [0.5, 0.6) is 5.75 Å². The predicted octanol–water partition coefficient (Wildman–Crippen LogP) is 9.26. The first-order valence-corrected chi connectivity index (χ1v) is 15.8. The van der Waals surface area contributed by atoms with E-state index >= 15 is 0 Å². The van der Waals surface area contributed by atoms with Crippen molar-refractivity contribution in [3.63, 3.8) is 0 Å². The zero-order chi connectivity index (χ0) is 29.0. The van der Waals surface area contributed by atoms with Gasteiger partial charge in [-0.05, 0) is 42.8 Å². The summed E-state index contributed by atoms with van der Waals surface area (Å²) >= 11 is 0. The first kappa shape index (κ1) is 32.1. The lowest BCUT2D eigenvalue weighted by atomic mass is 10.0. The first-order chi connectivity index (χ1) is 20.2. The van der Waals surface area contributed by atoms with Crippen LogP contribution in [-0.2, 0) is 4.79 Å². The molecule has 6 heteroatoms. The number of hydrogen-bond acceptors (Lipinski definition) is 4. The van der Waals surface area contributed by atoms with Gasteiger partial charge in [0.05, 0.1) is 19.0 Å². The van der Waals surface area contributed by atoms with Gasteiger partial charge >= 0.3 is 0 Å². The van der Waals surface area contributed by atoms with Gasteiger partial charge in [0, 0.05) is 23.7 Å². The van der Waals surface area contributed by atoms with Crippen molar-refractivity contribution >= 4 is 12.1 Å². The molecule has 0 fully saturated rings. The van der Waals surface area contributed by atoms with E-state index in [9.17, 15) is 4.79 Å². The van der Waals surface area contributed by atoms with Crippen molar-refractivity contribution in [3.05, 3.63) is 66.4 Å². The summed E-state index contributed by atoms with van der Waals surface area (Å²) in [5, 5.41) is 9.05. The Bertz CT molecular complexity index is 1140. The summed E-state index contributed by atoms with van der Waals surface area (Å²) in [4.78, 5) is 12.4. The molecule has 3 rings (SSSR count). The SMILES string of the molecule is CCCCCCCCCCCCCCCCCC(=O)N/N=C/c1cn(-c2ccccc2)nc1-c1ccc(OC)cc1. The second kappa shape index (κ2) is 19.6. The summed E-state index contributed by atoms with van der Waals surface area (Å²) in [5.41, 5.74) is 6.22. The van der Waals surface area contributed by atoms with Crippen LogP contribution in [0.25, 0.3) is 16.9 Å². The number of benzene rings is 2. The number of nitrogens with one attached hydrogen (secondary N) is 1. The van der Waals surface area contributed by atoms with E-state index in [1.807, 2.05) is 65.5 Å². The molecule has 0 saturated heterocycles. The van der Waals surface area contributed by atoms with Gasteiger partial charge in [-0.15, -0.1) is 0 Å². The summed E-state index contributed by atoms with van der Waals surface area (Å²) in [5.74, 6) is 0.745. The van der Waals surface area contributed by atoms with E-state index in [0.29, 0.717) is 6.42 Å². The molecule has 1 N–H and O–H groups in total. The second-order valence-corrected chi connectivity index (χ2v) is 10.9. The number of para-hydroxylation sites is 1. The van der Waals surface area contributed by atoms with E-state index < -0.39 is 0 Å². The fourth-order valence-electron chi connectivity index (χ4n) is 5.05. The summed E-state index contributed by atoms with van der Waals surface area (Å²) in [6.07, 6.45) is 23.8. The van der Waals surface area contributed by atoms with Gasteiger partial charge in [0.25, 0.3) is 0 Å². The molecule has 0 aliphatic rings. The highest BCUT2D eigenvalue weighted by molar-refractivity contribution is 5.89. The largest absolute Gasteiger partial charge is 0.497 e. The first-order valence-electron chi connectivity index (χ1n) is 15.8. The van der Waals surface area contributed by atoms with E-state index in [2.05, 4.69) is 17.5 Å². The van der Waals surface area contributed by atoms with Gasteiger partial charge in [0.2, 0.25) is 5.91 Å². The Labute approximate surface area is 247 Å². The molecule has 1 aromatic heterocycles. The van der Waals surface area contributed by atoms with Gasteiger partial charge in [0.15, 0.2) is 0 Å². The molecule has 0 atom stereocenters. The van der Waals surface area contributed by atoms with Crippen LogP contribution in [0.1, 0.15) is 115 Å². The third-order valence-corrected chi connectivity index (χ3v) is 7.53. The highest BCUT2D eigenvalue weighted by atomic mass is 16.5. The minimum absolute atomic E-state index is 0.0441. The maximum Gasteiger partial charge on any atom is 0.240 e. The van der Waals surface area contributed by atoms with Crippen molar-refractivity contribution in [3.8, 4) is 22.7 Å². The van der Waals surface area contributed by atoms with Gasteiger partial charge < -0.3 is 4.74 Å². The lowest BCUT2D eigenvalue weighted by Crippen LogP contribution is -2.16. The number of carbonyl (C=O) groups excluding carboxylic acids is 1. The molecule has 0 aliphatic carbocycles. The number of hydrogen-bond donors (Lipinski definition) is 1. The van der Waals surface area contributed by atoms with Gasteiger partial charge in [-0.2, -0.15) is 10.2 Å². The Balaban J connectivity index is 1.33. The van der Waals surface area contributed by atoms with E-state index in [4.69, 9.17) is 9.84 Å². The number of hydrazone groups is 1. The van der Waals surface area contributed by atoms with E-state index in [1.165, 1.54) is 83.5 Å². The van der Waals surface area contributed by atoms with Gasteiger partial charge in [-0.1, -0.05) is 115 Å². The molecule has 41 heavy (non-hydrogen) atoms. The third kappa shape index (κ3) is 12.3. The number of rotatable bonds is 21. The number of aromatic nitrogens is 2. The van der Waals surface area contributed by atoms with Crippen molar-refractivity contribution in [1.29, 1.82) is 0 Å². The lowest BCUT2D eigenvalue weighted by molar-refractivity contribution is -0.121. The number of methoxy groups -OCH3 is 1. The maximum absolute atomic E-state index is 12.4. The van der Waals surface area contributed by atoms with Gasteiger partial charge in [-0.25, -0.2) is 10.1 Å². The molecule has 3 aromatic rings. The summed E-state index contributed by atoms with van der Waals surface area (Å²) in [6, 6.07) is 17.7. The summed E-state index contributed by atoms with van der Waals surface area (Å²) in [7, 11) is 1.65. The molecular formula is C35H50N4O2. The molecule has 0 unspecified atom stereocenters. The second-order valence-electron chi connectivity index (χ2n) is 10.9. The Morgan fingerprint density at radius 1 is 0.805 bits per heavy atom. The minimum atomic E-state index is -0.0441. The molecule has 1 heterocycles. The van der Waals surface area contributed by atoms with Crippen LogP contribution in [0.3, 0.4) is 0 Å². The molecule has 0 spiro atoms. The summed E-state index contributed by atoms with van der Waals surface area (Å²) < 4.78 is 7.13. The van der Waals surface area contributed by atoms with Crippen LogP contribution in [-0.4, -0.2) is 29.0 Å². The van der Waals surface area contributed by atoms with Crippen LogP contribution in [0.2, 0.25) is 0 Å². The molecule has 0 bridgehead atoms. The molecule has 1 amide bonds. The molecule has 6 nitrogen and oxygen atoms in total. The average molecular weight is 559 g/mol. The standard InChI is InChI=1S/C35H50N4O2/c1-3-4-5-6-7-8-9-10-11-12-13-14-15-16-20-23-34(40)37-36-28-31-29-39(32-21-18-17-19-22-32)38-35(31)30-24-26-33(41-2)27-25-30/h17-19,21-22,24-29H,3-16,20,23H2,1-2H3,(H,37,40)/b36-28+. The van der Waals surface area contributed by atoms with Gasteiger partial charge in [-0.3, -0.25) is 4.79 Å². The molecular weight excluding hydrogens is 508 g/mol. The molecule has 0 aliphatic heterocycles. The zero-order valence-corrected chi connectivity index (χ0v) is 25.3. The van der Waals surface area contributed by atoms with Crippen LogP contribution in [0.4, 0.5) is 0 Å². The molecule has 222 valence electrons. The average Bonchev–Trinajstić information content (AvgIpc) is 3.43. The number of ether oxygens (including phenoxy) is 1. The smallest absolute Gasteiger partial charge is 0.240 e. The molecule has 0 radical (unpaired) electrons. The highest BCUT2D eigenvalue weighted by Gasteiger charge is 2.12. The fraction of sp³-hybridized carbons (Fsp3) is 0.514. The van der Waals surface area contributed by atoms with Crippen LogP contribution < -0.4 is 10.2 Å². The predicted molar refractivity (Wildman–Crippen MR) is 171 cm³/mol. The van der Waals surface area contributed by atoms with Crippen molar-refractivity contribution < 1.29 is 9.53 Å². The van der Waals surface area contributed by atoms with Crippen LogP contribution in [0.15, 0.2) is 65.9 Å². The monoisotopic (exact) mass is 558 g/mol. The quantitative estimate of drug-likeness (QED) is 0.0805. The Hall–Kier alpha value is -3.41. The number of nitrogens with zero attached hydrogens (tertiary/aromatic N) is 3. The molecule has 2 aromatic carbocycles. The fourth-order valence-corrected chi connectivity index (χ4v) is 5.05. The number of unbranched alkanes of at least 4 members (excludes halogenated alkanes) is 14. The van der Waals surface area contributed by atoms with E-state index in [0.717, 1.165) is 41.1 Å². The Morgan fingerprint density at radius 2 is 1.37 bits per heavy atom. The topological polar surface area (TPSA) is 68.5 Å². The highest BCUT2D eigenvalue weighted by Crippen LogP contribution is 2.25. The maximum atomic E-state index is 12.4. The Morgan fingerprint density at radius 3 is 1.93 bits per heavy atom. The van der Waals surface area contributed by atoms with E-state index in [1.54, 1.807) is 13.3 Å². The van der Waals surface area contributed by atoms with E-state index in [-0.39, 0.29) is 5.91 Å². The number of carbonyl (C=O) groups is 1. The van der Waals surface area contributed by atoms with Crippen LogP contribution >= 0.6 is 0 Å². The Kier molecular flexibility index (Phi) is 15.4. The molecule has 0 saturated carbocycles. The normalized spacial score (nSPS) is 11.3. The number of amides is 1. The van der Waals surface area contributed by atoms with Crippen molar-refractivity contribution in [2.75, 3.05) is 7.11 Å². The van der Waals surface area contributed by atoms with Crippen molar-refractivity contribution in [2.24, 2.45) is 5.10 Å². The third-order valence-electron chi connectivity index (χ3n) is 7.53. The minimum Gasteiger partial charge on any atom is -0.497 e. The van der Waals surface area contributed by atoms with Crippen LogP contribution in [0, 0.1) is 0 Å².